The summed E-state index contributed by atoms with van der Waals surface area (Å²) in [6, 6.07) is 8.17. The summed E-state index contributed by atoms with van der Waals surface area (Å²) in [6.45, 7) is 1.63. The quantitative estimate of drug-likeness (QED) is 0.710. The minimum Gasteiger partial charge on any atom is -0.316 e. The van der Waals surface area contributed by atoms with Crippen molar-refractivity contribution in [3.8, 4) is 0 Å². The van der Waals surface area contributed by atoms with Gasteiger partial charge in [0, 0.05) is 24.2 Å². The summed E-state index contributed by atoms with van der Waals surface area (Å²) in [7, 11) is -3.94. The van der Waals surface area contributed by atoms with E-state index >= 15 is 0 Å². The van der Waals surface area contributed by atoms with Crippen molar-refractivity contribution in [2.24, 2.45) is 0 Å². The van der Waals surface area contributed by atoms with Gasteiger partial charge in [0.1, 0.15) is 11.0 Å². The van der Waals surface area contributed by atoms with Gasteiger partial charge in [0.2, 0.25) is 0 Å². The summed E-state index contributed by atoms with van der Waals surface area (Å²) < 4.78 is 40.8. The molecule has 3 aromatic rings. The predicted octanol–water partition coefficient (Wildman–Crippen LogP) is 3.14. The first kappa shape index (κ1) is 16.5. The minimum absolute atomic E-state index is 0.101. The average molecular weight is 380 g/mol. The van der Waals surface area contributed by atoms with Gasteiger partial charge < -0.3 is 5.32 Å². The third kappa shape index (κ3) is 2.82. The number of aromatic nitrogens is 2. The van der Waals surface area contributed by atoms with E-state index in [0.717, 1.165) is 31.1 Å². The molecule has 1 saturated heterocycles. The zero-order chi connectivity index (χ0) is 17.6. The summed E-state index contributed by atoms with van der Waals surface area (Å²) >= 11 is 6.02. The van der Waals surface area contributed by atoms with Crippen molar-refractivity contribution < 1.29 is 12.8 Å². The molecule has 0 saturated carbocycles. The monoisotopic (exact) mass is 379 g/mol. The first-order chi connectivity index (χ1) is 12.0. The Morgan fingerprint density at radius 1 is 1.28 bits per heavy atom. The zero-order valence-corrected chi connectivity index (χ0v) is 14.7. The van der Waals surface area contributed by atoms with Crippen molar-refractivity contribution in [3.63, 3.8) is 0 Å². The Balaban J connectivity index is 1.95. The van der Waals surface area contributed by atoms with E-state index in [0.29, 0.717) is 16.2 Å². The number of nitrogens with one attached hydrogen (secondary N) is 1. The zero-order valence-electron chi connectivity index (χ0n) is 13.1. The van der Waals surface area contributed by atoms with Gasteiger partial charge >= 0.3 is 0 Å². The fourth-order valence-electron chi connectivity index (χ4n) is 3.23. The third-order valence-corrected chi connectivity index (χ3v) is 6.34. The maximum Gasteiger partial charge on any atom is 0.268 e. The van der Waals surface area contributed by atoms with Crippen LogP contribution in [0.15, 0.2) is 47.5 Å². The summed E-state index contributed by atoms with van der Waals surface area (Å²) in [5.74, 6) is -0.434. The fraction of sp³-hybridized carbons (Fsp3) is 0.235. The number of nitrogens with zero attached hydrogens (tertiary/aromatic N) is 2. The molecule has 1 aliphatic heterocycles. The minimum atomic E-state index is -3.94. The van der Waals surface area contributed by atoms with Crippen molar-refractivity contribution in [3.05, 3.63) is 59.1 Å². The molecule has 2 aromatic heterocycles. The molecule has 130 valence electrons. The molecule has 8 heteroatoms. The normalized spacial score (nSPS) is 18.1. The highest BCUT2D eigenvalue weighted by Gasteiger charge is 2.27. The molecule has 4 rings (SSSR count). The van der Waals surface area contributed by atoms with E-state index in [1.165, 1.54) is 22.2 Å². The summed E-state index contributed by atoms with van der Waals surface area (Å²) in [5, 5.41) is 3.57. The molecule has 1 fully saturated rings. The second-order valence-electron chi connectivity index (χ2n) is 6.03. The number of hydrogen-bond donors (Lipinski definition) is 1. The van der Waals surface area contributed by atoms with Crippen molar-refractivity contribution in [1.29, 1.82) is 0 Å². The number of rotatable bonds is 3. The Morgan fingerprint density at radius 3 is 2.84 bits per heavy atom. The first-order valence-corrected chi connectivity index (χ1v) is 9.68. The lowest BCUT2D eigenvalue weighted by atomic mass is 10.0. The maximum atomic E-state index is 13.5. The molecule has 25 heavy (non-hydrogen) atoms. The van der Waals surface area contributed by atoms with Crippen LogP contribution in [0, 0.1) is 5.82 Å². The number of hydrogen-bond acceptors (Lipinski definition) is 4. The van der Waals surface area contributed by atoms with Crippen LogP contribution in [-0.4, -0.2) is 30.5 Å². The fourth-order valence-corrected chi connectivity index (χ4v) is 4.78. The second kappa shape index (κ2) is 6.09. The molecule has 0 amide bonds. The molecular weight excluding hydrogens is 365 g/mol. The van der Waals surface area contributed by atoms with E-state index in [1.807, 2.05) is 0 Å². The predicted molar refractivity (Wildman–Crippen MR) is 94.0 cm³/mol. The maximum absolute atomic E-state index is 13.5. The van der Waals surface area contributed by atoms with Crippen LogP contribution in [0.2, 0.25) is 5.15 Å². The smallest absolute Gasteiger partial charge is 0.268 e. The Kier molecular flexibility index (Phi) is 4.02. The van der Waals surface area contributed by atoms with Crippen molar-refractivity contribution in [1.82, 2.24) is 14.3 Å². The van der Waals surface area contributed by atoms with Crippen molar-refractivity contribution >= 4 is 32.7 Å². The molecule has 0 unspecified atom stereocenters. The van der Waals surface area contributed by atoms with Gasteiger partial charge in [-0.25, -0.2) is 21.8 Å². The van der Waals surface area contributed by atoms with Gasteiger partial charge in [-0.2, -0.15) is 0 Å². The highest BCUT2D eigenvalue weighted by atomic mass is 35.5. The molecule has 1 aromatic carbocycles. The van der Waals surface area contributed by atoms with Gasteiger partial charge in [-0.1, -0.05) is 17.7 Å². The molecule has 1 N–H and O–H groups in total. The van der Waals surface area contributed by atoms with Crippen LogP contribution < -0.4 is 5.32 Å². The Morgan fingerprint density at radius 2 is 2.12 bits per heavy atom. The molecule has 0 radical (unpaired) electrons. The van der Waals surface area contributed by atoms with Crippen LogP contribution >= 0.6 is 11.6 Å². The Hall–Kier alpha value is -1.96. The van der Waals surface area contributed by atoms with Gasteiger partial charge in [-0.3, -0.25) is 0 Å². The molecular formula is C17H15ClFN3O2S. The van der Waals surface area contributed by atoms with E-state index in [-0.39, 0.29) is 10.8 Å². The number of halogens is 2. The van der Waals surface area contributed by atoms with E-state index in [4.69, 9.17) is 11.6 Å². The summed E-state index contributed by atoms with van der Waals surface area (Å²) in [6.07, 6.45) is 2.49. The van der Waals surface area contributed by atoms with Crippen molar-refractivity contribution in [2.75, 3.05) is 13.1 Å². The highest BCUT2D eigenvalue weighted by Crippen LogP contribution is 2.33. The Bertz CT molecular complexity index is 1060. The number of fused-ring (bicyclic) bond motifs is 1. The average Bonchev–Trinajstić information content (AvgIpc) is 3.21. The van der Waals surface area contributed by atoms with Gasteiger partial charge in [0.25, 0.3) is 10.0 Å². The molecule has 5 nitrogen and oxygen atoms in total. The molecule has 0 bridgehead atoms. The largest absolute Gasteiger partial charge is 0.316 e. The van der Waals surface area contributed by atoms with Crippen LogP contribution in [0.3, 0.4) is 0 Å². The topological polar surface area (TPSA) is 64.0 Å². The van der Waals surface area contributed by atoms with Gasteiger partial charge in [0.15, 0.2) is 0 Å². The SMILES string of the molecule is O=S(=O)(c1cccc(F)c1)n1cc([C@@H]2CCNC2)c2nc(Cl)ccc21. The Labute approximate surface area is 149 Å². The molecule has 0 aliphatic carbocycles. The summed E-state index contributed by atoms with van der Waals surface area (Å²) in [4.78, 5) is 4.24. The van der Waals surface area contributed by atoms with E-state index < -0.39 is 15.8 Å². The highest BCUT2D eigenvalue weighted by molar-refractivity contribution is 7.90. The van der Waals surface area contributed by atoms with Crippen LogP contribution in [-0.2, 0) is 10.0 Å². The van der Waals surface area contributed by atoms with Crippen LogP contribution in [0.1, 0.15) is 17.9 Å². The second-order valence-corrected chi connectivity index (χ2v) is 8.24. The third-order valence-electron chi connectivity index (χ3n) is 4.46. The summed E-state index contributed by atoms with van der Waals surface area (Å²) in [5.41, 5.74) is 1.85. The molecule has 0 spiro atoms. The molecule has 1 atom stereocenters. The lowest BCUT2D eigenvalue weighted by molar-refractivity contribution is 0.584. The number of pyridine rings is 1. The van der Waals surface area contributed by atoms with Gasteiger partial charge in [0.05, 0.1) is 15.9 Å². The van der Waals surface area contributed by atoms with E-state index in [2.05, 4.69) is 10.3 Å². The van der Waals surface area contributed by atoms with Gasteiger partial charge in [-0.05, 0) is 43.3 Å². The first-order valence-electron chi connectivity index (χ1n) is 7.86. The van der Waals surface area contributed by atoms with Crippen molar-refractivity contribution in [2.45, 2.75) is 17.2 Å². The lowest BCUT2D eigenvalue weighted by Gasteiger charge is -2.07. The van der Waals surface area contributed by atoms with Crippen LogP contribution in [0.5, 0.6) is 0 Å². The van der Waals surface area contributed by atoms with E-state index in [9.17, 15) is 12.8 Å². The molecule has 3 heterocycles. The van der Waals surface area contributed by atoms with Crippen LogP contribution in [0.4, 0.5) is 4.39 Å². The number of benzene rings is 1. The molecule has 1 aliphatic rings. The standard InChI is InChI=1S/C17H15ClFN3O2S/c18-16-5-4-15-17(21-16)14(11-6-7-20-9-11)10-22(15)25(23,24)13-3-1-2-12(19)8-13/h1-5,8,10-11,20H,6-7,9H2/t11-/m1/s1. The van der Waals surface area contributed by atoms with Crippen LogP contribution in [0.25, 0.3) is 11.0 Å². The van der Waals surface area contributed by atoms with E-state index in [1.54, 1.807) is 18.3 Å². The van der Waals surface area contributed by atoms with Gasteiger partial charge in [-0.15, -0.1) is 0 Å². The lowest BCUT2D eigenvalue weighted by Crippen LogP contribution is -2.12.